The Balaban J connectivity index is 1.72. The fourth-order valence-corrected chi connectivity index (χ4v) is 2.54. The van der Waals surface area contributed by atoms with E-state index in [4.69, 9.17) is 10.5 Å². The normalized spacial score (nSPS) is 42.0. The molecule has 3 atom stereocenters. The predicted octanol–water partition coefficient (Wildman–Crippen LogP) is -0.00270. The molecular weight excluding hydrogens is 192 g/mol. The van der Waals surface area contributed by atoms with Gasteiger partial charge in [0.15, 0.2) is 0 Å². The van der Waals surface area contributed by atoms with Gasteiger partial charge in [-0.15, -0.1) is 0 Å². The highest BCUT2D eigenvalue weighted by atomic mass is 16.5. The lowest BCUT2D eigenvalue weighted by Crippen LogP contribution is -2.46. The summed E-state index contributed by atoms with van der Waals surface area (Å²) in [5.41, 5.74) is 5.23. The first-order valence-electron chi connectivity index (χ1n) is 5.97. The molecule has 2 fully saturated rings. The second-order valence-electron chi connectivity index (χ2n) is 5.02. The van der Waals surface area contributed by atoms with Crippen molar-refractivity contribution in [3.05, 3.63) is 0 Å². The van der Waals surface area contributed by atoms with Gasteiger partial charge in [-0.3, -0.25) is 0 Å². The Morgan fingerprint density at radius 3 is 2.93 bits per heavy atom. The summed E-state index contributed by atoms with van der Waals surface area (Å²) >= 11 is 0. The number of hydrogen-bond acceptors (Lipinski definition) is 4. The lowest BCUT2D eigenvalue weighted by molar-refractivity contribution is 0.0264. The van der Waals surface area contributed by atoms with Crippen molar-refractivity contribution >= 4 is 0 Å². The first-order valence-corrected chi connectivity index (χ1v) is 5.97. The summed E-state index contributed by atoms with van der Waals surface area (Å²) in [5, 5.41) is 13.6. The van der Waals surface area contributed by atoms with Crippen molar-refractivity contribution in [3.8, 4) is 0 Å². The fraction of sp³-hybridized carbons (Fsp3) is 1.00. The maximum Gasteiger partial charge on any atom is 0.0787 e. The van der Waals surface area contributed by atoms with Gasteiger partial charge in [0.1, 0.15) is 0 Å². The Bertz CT molecular complexity index is 207. The van der Waals surface area contributed by atoms with Gasteiger partial charge in [-0.1, -0.05) is 0 Å². The van der Waals surface area contributed by atoms with Gasteiger partial charge in [-0.25, -0.2) is 0 Å². The lowest BCUT2D eigenvalue weighted by Gasteiger charge is -2.29. The largest absolute Gasteiger partial charge is 0.389 e. The van der Waals surface area contributed by atoms with Gasteiger partial charge in [0, 0.05) is 25.2 Å². The van der Waals surface area contributed by atoms with Crippen LogP contribution in [0.3, 0.4) is 0 Å². The first-order chi connectivity index (χ1) is 7.18. The molecule has 0 radical (unpaired) electrons. The van der Waals surface area contributed by atoms with E-state index in [1.807, 2.05) is 0 Å². The minimum atomic E-state index is -0.573. The lowest BCUT2D eigenvalue weighted by atomic mass is 10.0. The Hall–Kier alpha value is -0.160. The fourth-order valence-electron chi connectivity index (χ4n) is 2.54. The zero-order valence-corrected chi connectivity index (χ0v) is 9.24. The van der Waals surface area contributed by atoms with E-state index >= 15 is 0 Å². The third kappa shape index (κ3) is 3.14. The third-order valence-electron chi connectivity index (χ3n) is 3.50. The molecule has 0 aromatic carbocycles. The summed E-state index contributed by atoms with van der Waals surface area (Å²) in [6, 6.07) is 0.596. The van der Waals surface area contributed by atoms with E-state index in [9.17, 15) is 5.11 Å². The van der Waals surface area contributed by atoms with E-state index in [1.54, 1.807) is 0 Å². The molecule has 3 unspecified atom stereocenters. The zero-order valence-electron chi connectivity index (χ0n) is 9.24. The highest BCUT2D eigenvalue weighted by Gasteiger charge is 2.35. The second kappa shape index (κ2) is 4.78. The van der Waals surface area contributed by atoms with E-state index in [-0.39, 0.29) is 6.04 Å². The van der Waals surface area contributed by atoms with Crippen LogP contribution >= 0.6 is 0 Å². The summed E-state index contributed by atoms with van der Waals surface area (Å²) in [6.45, 7) is 2.32. The van der Waals surface area contributed by atoms with Crippen molar-refractivity contribution in [2.45, 2.75) is 49.8 Å². The van der Waals surface area contributed by atoms with Crippen molar-refractivity contribution in [1.82, 2.24) is 5.32 Å². The smallest absolute Gasteiger partial charge is 0.0787 e. The quantitative estimate of drug-likeness (QED) is 0.618. The monoisotopic (exact) mass is 214 g/mol. The summed E-state index contributed by atoms with van der Waals surface area (Å²) < 4.78 is 5.38. The molecule has 1 saturated heterocycles. The molecule has 4 heteroatoms. The molecule has 4 nitrogen and oxygen atoms in total. The second-order valence-corrected chi connectivity index (χ2v) is 5.02. The van der Waals surface area contributed by atoms with Gasteiger partial charge < -0.3 is 20.9 Å². The number of ether oxygens (including phenoxy) is 1. The van der Waals surface area contributed by atoms with Crippen LogP contribution < -0.4 is 11.1 Å². The average Bonchev–Trinajstić information content (AvgIpc) is 2.58. The molecule has 4 N–H and O–H groups in total. The maximum atomic E-state index is 10.2. The molecule has 2 aliphatic rings. The SMILES string of the molecule is NC1CCC(O)(CNC2CCCOC2)C1. The molecule has 1 aliphatic carbocycles. The van der Waals surface area contributed by atoms with E-state index in [2.05, 4.69) is 5.32 Å². The van der Waals surface area contributed by atoms with Gasteiger partial charge in [0.2, 0.25) is 0 Å². The summed E-state index contributed by atoms with van der Waals surface area (Å²) in [5.74, 6) is 0. The zero-order chi connectivity index (χ0) is 10.7. The van der Waals surface area contributed by atoms with Crippen LogP contribution in [0, 0.1) is 0 Å². The number of hydrogen-bond donors (Lipinski definition) is 3. The topological polar surface area (TPSA) is 67.5 Å². The molecule has 0 amide bonds. The van der Waals surface area contributed by atoms with Crippen LogP contribution in [0.5, 0.6) is 0 Å². The van der Waals surface area contributed by atoms with Crippen molar-refractivity contribution in [3.63, 3.8) is 0 Å². The number of nitrogens with two attached hydrogens (primary N) is 1. The minimum absolute atomic E-state index is 0.180. The van der Waals surface area contributed by atoms with Crippen molar-refractivity contribution in [2.24, 2.45) is 5.73 Å². The van der Waals surface area contributed by atoms with Crippen LogP contribution in [0.4, 0.5) is 0 Å². The van der Waals surface area contributed by atoms with E-state index in [1.165, 1.54) is 0 Å². The van der Waals surface area contributed by atoms with Crippen LogP contribution in [-0.4, -0.2) is 42.5 Å². The summed E-state index contributed by atoms with van der Waals surface area (Å²) in [4.78, 5) is 0. The van der Waals surface area contributed by atoms with Gasteiger partial charge in [0.05, 0.1) is 12.2 Å². The first kappa shape index (κ1) is 11.3. The molecule has 15 heavy (non-hydrogen) atoms. The van der Waals surface area contributed by atoms with Crippen LogP contribution in [0.1, 0.15) is 32.1 Å². The van der Waals surface area contributed by atoms with Gasteiger partial charge >= 0.3 is 0 Å². The van der Waals surface area contributed by atoms with Crippen LogP contribution in [0.2, 0.25) is 0 Å². The molecule has 88 valence electrons. The third-order valence-corrected chi connectivity index (χ3v) is 3.50. The Labute approximate surface area is 91.2 Å². The van der Waals surface area contributed by atoms with E-state index in [0.29, 0.717) is 12.6 Å². The van der Waals surface area contributed by atoms with Crippen molar-refractivity contribution in [1.29, 1.82) is 0 Å². The summed E-state index contributed by atoms with van der Waals surface area (Å²) in [6.07, 6.45) is 4.78. The molecule has 1 aliphatic heterocycles. The predicted molar refractivity (Wildman–Crippen MR) is 58.6 cm³/mol. The molecule has 0 aromatic heterocycles. The molecule has 0 aromatic rings. The van der Waals surface area contributed by atoms with Crippen molar-refractivity contribution < 1.29 is 9.84 Å². The van der Waals surface area contributed by atoms with Gasteiger partial charge in [0.25, 0.3) is 0 Å². The molecule has 0 bridgehead atoms. The number of aliphatic hydroxyl groups is 1. The average molecular weight is 214 g/mol. The van der Waals surface area contributed by atoms with Crippen LogP contribution in [0.15, 0.2) is 0 Å². The van der Waals surface area contributed by atoms with Crippen LogP contribution in [-0.2, 0) is 4.74 Å². The Kier molecular flexibility index (Phi) is 3.61. The molecule has 1 heterocycles. The number of nitrogens with one attached hydrogen (secondary N) is 1. The standard InChI is InChI=1S/C11H22N2O2/c12-9-3-4-11(14,6-9)8-13-10-2-1-5-15-7-10/h9-10,13-14H,1-8,12H2. The highest BCUT2D eigenvalue weighted by molar-refractivity contribution is 4.93. The molecule has 1 saturated carbocycles. The highest BCUT2D eigenvalue weighted by Crippen LogP contribution is 2.28. The van der Waals surface area contributed by atoms with Gasteiger partial charge in [-0.2, -0.15) is 0 Å². The Morgan fingerprint density at radius 2 is 2.33 bits per heavy atom. The minimum Gasteiger partial charge on any atom is -0.389 e. The van der Waals surface area contributed by atoms with Gasteiger partial charge in [-0.05, 0) is 32.1 Å². The number of rotatable bonds is 3. The van der Waals surface area contributed by atoms with Crippen LogP contribution in [0.25, 0.3) is 0 Å². The molecule has 2 rings (SSSR count). The molecule has 0 spiro atoms. The Morgan fingerprint density at radius 1 is 1.47 bits per heavy atom. The van der Waals surface area contributed by atoms with E-state index in [0.717, 1.165) is 45.3 Å². The molecular formula is C11H22N2O2. The summed E-state index contributed by atoms with van der Waals surface area (Å²) in [7, 11) is 0. The maximum absolute atomic E-state index is 10.2. The van der Waals surface area contributed by atoms with Crippen molar-refractivity contribution in [2.75, 3.05) is 19.8 Å². The van der Waals surface area contributed by atoms with E-state index < -0.39 is 5.60 Å².